The number of aromatic nitrogens is 4. The number of aromatic hydroxyl groups is 1. The van der Waals surface area contributed by atoms with Gasteiger partial charge >= 0.3 is 0 Å². The molecule has 8 heteroatoms. The first-order valence-electron chi connectivity index (χ1n) is 18.9. The number of aryl methyl sites for hydroxylation is 2. The summed E-state index contributed by atoms with van der Waals surface area (Å²) in [6.45, 7) is 17.0. The fourth-order valence-electron chi connectivity index (χ4n) is 7.75. The molecule has 8 nitrogen and oxygen atoms in total. The molecule has 0 aliphatic rings. The van der Waals surface area contributed by atoms with E-state index in [4.69, 9.17) is 28.8 Å². The van der Waals surface area contributed by atoms with Crippen LogP contribution in [0.15, 0.2) is 118 Å². The summed E-state index contributed by atoms with van der Waals surface area (Å²) < 4.78 is 13.2. The summed E-state index contributed by atoms with van der Waals surface area (Å²) in [4.78, 5) is 22.4. The van der Waals surface area contributed by atoms with Crippen LogP contribution < -0.4 is 4.90 Å². The van der Waals surface area contributed by atoms with E-state index in [1.54, 1.807) is 6.20 Å². The van der Waals surface area contributed by atoms with E-state index in [0.29, 0.717) is 39.3 Å². The lowest BCUT2D eigenvalue weighted by atomic mass is 9.78. The number of anilines is 3. The van der Waals surface area contributed by atoms with Gasteiger partial charge in [0, 0.05) is 51.3 Å². The molecule has 9 aromatic rings. The van der Waals surface area contributed by atoms with E-state index in [1.165, 1.54) is 0 Å². The number of rotatable bonds is 5. The van der Waals surface area contributed by atoms with E-state index in [1.807, 2.05) is 79.9 Å². The van der Waals surface area contributed by atoms with Gasteiger partial charge in [-0.3, -0.25) is 9.88 Å². The standard InChI is InChI=1S/C48H43N5O3/c1-27-20-22-49-28(2)43(27)53(39-19-13-14-21-50-39)30-25-33(40-31-15-9-11-17-36(31)55-38(40)26-30)46-51-41-32-16-10-12-18-37(32)56-45(41)42(52-46)34-23-29(47(3,4)5)24-35(44(34)54)48(6,7)8/h9-26,54H,1-8H3. The summed E-state index contributed by atoms with van der Waals surface area (Å²) in [6.07, 6.45) is 3.62. The molecule has 1 N–H and O–H groups in total. The second-order valence-electron chi connectivity index (χ2n) is 16.6. The zero-order valence-electron chi connectivity index (χ0n) is 32.9. The zero-order chi connectivity index (χ0) is 39.1. The van der Waals surface area contributed by atoms with Crippen LogP contribution in [0.4, 0.5) is 17.2 Å². The largest absolute Gasteiger partial charge is 0.507 e. The van der Waals surface area contributed by atoms with Crippen molar-refractivity contribution in [3.8, 4) is 28.4 Å². The molecule has 4 aromatic carbocycles. The van der Waals surface area contributed by atoms with Crippen molar-refractivity contribution in [2.45, 2.75) is 66.2 Å². The third kappa shape index (κ3) is 5.75. The van der Waals surface area contributed by atoms with Crippen LogP contribution in [0.25, 0.3) is 66.7 Å². The first-order valence-corrected chi connectivity index (χ1v) is 18.9. The maximum atomic E-state index is 12.2. The Morgan fingerprint density at radius 1 is 0.643 bits per heavy atom. The molecule has 278 valence electrons. The molecule has 5 heterocycles. The Morgan fingerprint density at radius 3 is 2.05 bits per heavy atom. The molecular weight excluding hydrogens is 695 g/mol. The number of hydrogen-bond acceptors (Lipinski definition) is 8. The van der Waals surface area contributed by atoms with Crippen molar-refractivity contribution >= 4 is 61.2 Å². The second kappa shape index (κ2) is 12.8. The molecule has 0 bridgehead atoms. The van der Waals surface area contributed by atoms with Gasteiger partial charge in [-0.25, -0.2) is 15.0 Å². The summed E-state index contributed by atoms with van der Waals surface area (Å²) in [7, 11) is 0. The molecule has 0 amide bonds. The maximum absolute atomic E-state index is 12.2. The highest BCUT2D eigenvalue weighted by atomic mass is 16.3. The van der Waals surface area contributed by atoms with Crippen LogP contribution in [-0.2, 0) is 10.8 Å². The molecule has 0 atom stereocenters. The topological polar surface area (TPSA) is 101 Å². The van der Waals surface area contributed by atoms with Crippen LogP contribution in [0.1, 0.15) is 63.9 Å². The van der Waals surface area contributed by atoms with Gasteiger partial charge in [-0.2, -0.15) is 0 Å². The molecule has 0 aliphatic heterocycles. The smallest absolute Gasteiger partial charge is 0.180 e. The summed E-state index contributed by atoms with van der Waals surface area (Å²) in [6, 6.07) is 32.2. The van der Waals surface area contributed by atoms with Gasteiger partial charge in [-0.1, -0.05) is 84.0 Å². The Bertz CT molecular complexity index is 2960. The minimum absolute atomic E-state index is 0.174. The Labute approximate surface area is 325 Å². The number of phenols is 1. The number of phenolic OH excluding ortho intramolecular Hbond substituents is 1. The second-order valence-corrected chi connectivity index (χ2v) is 16.6. The maximum Gasteiger partial charge on any atom is 0.180 e. The predicted molar refractivity (Wildman–Crippen MR) is 226 cm³/mol. The third-order valence-electron chi connectivity index (χ3n) is 10.6. The van der Waals surface area contributed by atoms with E-state index < -0.39 is 0 Å². The predicted octanol–water partition coefficient (Wildman–Crippen LogP) is 12.8. The summed E-state index contributed by atoms with van der Waals surface area (Å²) in [5.41, 5.74) is 10.1. The first-order chi connectivity index (χ1) is 26.8. The van der Waals surface area contributed by atoms with Gasteiger partial charge in [0.05, 0.1) is 17.1 Å². The Morgan fingerprint density at radius 2 is 1.36 bits per heavy atom. The van der Waals surface area contributed by atoms with E-state index >= 15 is 0 Å². The third-order valence-corrected chi connectivity index (χ3v) is 10.6. The molecule has 5 aromatic heterocycles. The van der Waals surface area contributed by atoms with E-state index in [0.717, 1.165) is 66.9 Å². The van der Waals surface area contributed by atoms with Crippen LogP contribution in [-0.4, -0.2) is 25.0 Å². The fraction of sp³-hybridized carbons (Fsp3) is 0.208. The van der Waals surface area contributed by atoms with Crippen molar-refractivity contribution in [1.82, 2.24) is 19.9 Å². The molecule has 0 saturated carbocycles. The SMILES string of the molecule is Cc1ccnc(C)c1N(c1cc(-c2nc(-c3cc(C(C)(C)C)cc(C(C)(C)C)c3O)c3oc4ccccc4c3n2)c2c(c1)oc1ccccc12)c1ccccn1. The van der Waals surface area contributed by atoms with Gasteiger partial charge in [0.1, 0.15) is 39.5 Å². The summed E-state index contributed by atoms with van der Waals surface area (Å²) in [5, 5.41) is 14.9. The van der Waals surface area contributed by atoms with Crippen molar-refractivity contribution in [2.24, 2.45) is 0 Å². The van der Waals surface area contributed by atoms with Crippen molar-refractivity contribution in [1.29, 1.82) is 0 Å². The van der Waals surface area contributed by atoms with Crippen molar-refractivity contribution in [2.75, 3.05) is 4.90 Å². The Hall–Kier alpha value is -6.54. The number of fused-ring (bicyclic) bond motifs is 6. The molecule has 0 saturated heterocycles. The summed E-state index contributed by atoms with van der Waals surface area (Å²) >= 11 is 0. The number of para-hydroxylation sites is 2. The average molecular weight is 738 g/mol. The van der Waals surface area contributed by atoms with Gasteiger partial charge in [0.15, 0.2) is 11.4 Å². The Balaban J connectivity index is 1.42. The van der Waals surface area contributed by atoms with Gasteiger partial charge in [-0.15, -0.1) is 0 Å². The molecule has 56 heavy (non-hydrogen) atoms. The lowest BCUT2D eigenvalue weighted by Gasteiger charge is -2.28. The lowest BCUT2D eigenvalue weighted by Crippen LogP contribution is -2.17. The minimum atomic E-state index is -0.351. The van der Waals surface area contributed by atoms with E-state index in [9.17, 15) is 5.11 Å². The van der Waals surface area contributed by atoms with E-state index in [-0.39, 0.29) is 16.6 Å². The van der Waals surface area contributed by atoms with Crippen LogP contribution in [0.5, 0.6) is 5.75 Å². The average Bonchev–Trinajstić information content (AvgIpc) is 3.74. The number of benzene rings is 4. The highest BCUT2D eigenvalue weighted by Gasteiger charge is 2.30. The highest BCUT2D eigenvalue weighted by Crippen LogP contribution is 2.47. The first kappa shape index (κ1) is 35.2. The van der Waals surface area contributed by atoms with Gasteiger partial charge in [0.2, 0.25) is 0 Å². The minimum Gasteiger partial charge on any atom is -0.507 e. The zero-order valence-corrected chi connectivity index (χ0v) is 32.9. The van der Waals surface area contributed by atoms with Crippen LogP contribution in [0.3, 0.4) is 0 Å². The molecule has 9 rings (SSSR count). The van der Waals surface area contributed by atoms with Crippen molar-refractivity contribution < 1.29 is 13.9 Å². The monoisotopic (exact) mass is 737 g/mol. The summed E-state index contributed by atoms with van der Waals surface area (Å²) in [5.74, 6) is 1.37. The molecule has 0 radical (unpaired) electrons. The lowest BCUT2D eigenvalue weighted by molar-refractivity contribution is 0.446. The van der Waals surface area contributed by atoms with Crippen LogP contribution in [0, 0.1) is 13.8 Å². The van der Waals surface area contributed by atoms with Gasteiger partial charge in [-0.05, 0) is 84.3 Å². The molecular formula is C48H43N5O3. The van der Waals surface area contributed by atoms with Crippen molar-refractivity contribution in [3.63, 3.8) is 0 Å². The number of furan rings is 2. The normalized spacial score (nSPS) is 12.4. The molecule has 0 fully saturated rings. The number of nitrogens with zero attached hydrogens (tertiary/aromatic N) is 5. The van der Waals surface area contributed by atoms with Gasteiger partial charge in [0.25, 0.3) is 0 Å². The molecule has 0 spiro atoms. The molecule has 0 aliphatic carbocycles. The fourth-order valence-corrected chi connectivity index (χ4v) is 7.75. The molecule has 0 unspecified atom stereocenters. The van der Waals surface area contributed by atoms with E-state index in [2.05, 4.69) is 83.7 Å². The number of hydrogen-bond donors (Lipinski definition) is 1. The highest BCUT2D eigenvalue weighted by molar-refractivity contribution is 6.14. The van der Waals surface area contributed by atoms with Crippen LogP contribution in [0.2, 0.25) is 0 Å². The quantitative estimate of drug-likeness (QED) is 0.186. The number of pyridine rings is 2. The Kier molecular flexibility index (Phi) is 8.02. The van der Waals surface area contributed by atoms with Crippen LogP contribution >= 0.6 is 0 Å². The van der Waals surface area contributed by atoms with Gasteiger partial charge < -0.3 is 13.9 Å². The van der Waals surface area contributed by atoms with Crippen molar-refractivity contribution in [3.05, 3.63) is 132 Å².